The molecule has 0 N–H and O–H groups in total. The highest BCUT2D eigenvalue weighted by molar-refractivity contribution is 5.85. The molecule has 0 atom stereocenters. The third-order valence-electron chi connectivity index (χ3n) is 5.42. The summed E-state index contributed by atoms with van der Waals surface area (Å²) in [5.41, 5.74) is 3.45. The average molecular weight is 395 g/mol. The largest absolute Gasteiger partial charge is 0.497 e. The summed E-state index contributed by atoms with van der Waals surface area (Å²) in [7, 11) is 1.65. The van der Waals surface area contributed by atoms with Crippen LogP contribution in [0.3, 0.4) is 0 Å². The van der Waals surface area contributed by atoms with E-state index >= 15 is 0 Å². The number of piperidine rings is 1. The van der Waals surface area contributed by atoms with Gasteiger partial charge in [0.15, 0.2) is 0 Å². The number of hydrogen-bond donors (Lipinski definition) is 0. The van der Waals surface area contributed by atoms with Gasteiger partial charge >= 0.3 is 0 Å². The van der Waals surface area contributed by atoms with Crippen molar-refractivity contribution in [2.24, 2.45) is 0 Å². The predicted molar refractivity (Wildman–Crippen MR) is 114 cm³/mol. The van der Waals surface area contributed by atoms with E-state index in [1.807, 2.05) is 29.2 Å². The maximum absolute atomic E-state index is 13.1. The number of ether oxygens (including phenoxy) is 1. The van der Waals surface area contributed by atoms with Crippen LogP contribution in [0.1, 0.15) is 36.0 Å². The summed E-state index contributed by atoms with van der Waals surface area (Å²) < 4.78 is 5.21. The van der Waals surface area contributed by atoms with Crippen molar-refractivity contribution in [3.63, 3.8) is 0 Å². The van der Waals surface area contributed by atoms with Crippen LogP contribution in [0.4, 0.5) is 0 Å². The van der Waals surface area contributed by atoms with Gasteiger partial charge in [-0.2, -0.15) is 0 Å². The van der Waals surface area contributed by atoms with Crippen LogP contribution in [-0.2, 0) is 22.6 Å². The second-order valence-electron chi connectivity index (χ2n) is 7.67. The topological polar surface area (TPSA) is 49.9 Å². The Morgan fingerprint density at radius 1 is 1.03 bits per heavy atom. The maximum atomic E-state index is 13.1. The monoisotopic (exact) mass is 394 g/mol. The lowest BCUT2D eigenvalue weighted by Crippen LogP contribution is -2.45. The zero-order valence-corrected chi connectivity index (χ0v) is 17.4. The zero-order valence-electron chi connectivity index (χ0n) is 17.4. The first kappa shape index (κ1) is 20.9. The Labute approximate surface area is 173 Å². The fourth-order valence-corrected chi connectivity index (χ4v) is 3.55. The van der Waals surface area contributed by atoms with Gasteiger partial charge in [-0.3, -0.25) is 9.59 Å². The second-order valence-corrected chi connectivity index (χ2v) is 7.67. The summed E-state index contributed by atoms with van der Waals surface area (Å²) in [6.07, 6.45) is 3.21. The van der Waals surface area contributed by atoms with Gasteiger partial charge < -0.3 is 14.5 Å². The molecular weight excluding hydrogens is 364 g/mol. The minimum absolute atomic E-state index is 0.00865. The lowest BCUT2D eigenvalue weighted by molar-refractivity contribution is -0.142. The Balaban J connectivity index is 1.68. The molecule has 1 saturated heterocycles. The van der Waals surface area contributed by atoms with E-state index in [1.54, 1.807) is 12.0 Å². The highest BCUT2D eigenvalue weighted by Crippen LogP contribution is 2.15. The molecule has 2 aromatic carbocycles. The van der Waals surface area contributed by atoms with Crippen molar-refractivity contribution in [3.05, 3.63) is 65.2 Å². The number of carbonyl (C=O) groups excluding carboxylic acids is 2. The first-order valence-corrected chi connectivity index (χ1v) is 10.3. The molecule has 0 unspecified atom stereocenters. The van der Waals surface area contributed by atoms with Crippen molar-refractivity contribution in [1.82, 2.24) is 9.80 Å². The van der Waals surface area contributed by atoms with Gasteiger partial charge in [0.1, 0.15) is 5.75 Å². The first-order valence-electron chi connectivity index (χ1n) is 10.3. The number of nitrogens with zero attached hydrogens (tertiary/aromatic N) is 2. The summed E-state index contributed by atoms with van der Waals surface area (Å²) in [4.78, 5) is 28.8. The molecule has 154 valence electrons. The molecule has 0 aromatic heterocycles. The molecule has 3 rings (SSSR count). The highest BCUT2D eigenvalue weighted by atomic mass is 16.5. The van der Waals surface area contributed by atoms with E-state index in [2.05, 4.69) is 31.2 Å². The van der Waals surface area contributed by atoms with Crippen LogP contribution < -0.4 is 4.74 Å². The van der Waals surface area contributed by atoms with Crippen LogP contribution >= 0.6 is 0 Å². The first-order chi connectivity index (χ1) is 14.0. The minimum Gasteiger partial charge on any atom is -0.497 e. The number of benzene rings is 2. The summed E-state index contributed by atoms with van der Waals surface area (Å²) in [6, 6.07) is 16.2. The molecule has 1 fully saturated rings. The third-order valence-corrected chi connectivity index (χ3v) is 5.42. The van der Waals surface area contributed by atoms with Gasteiger partial charge in [0.25, 0.3) is 0 Å². The lowest BCUT2D eigenvalue weighted by Gasteiger charge is -2.30. The van der Waals surface area contributed by atoms with E-state index < -0.39 is 0 Å². The molecule has 29 heavy (non-hydrogen) atoms. The van der Waals surface area contributed by atoms with Crippen LogP contribution in [0.2, 0.25) is 0 Å². The molecule has 0 spiro atoms. The van der Waals surface area contributed by atoms with E-state index in [1.165, 1.54) is 5.56 Å². The Hall–Kier alpha value is -2.82. The average Bonchev–Trinajstić information content (AvgIpc) is 2.74. The Kier molecular flexibility index (Phi) is 7.28. The number of aryl methyl sites for hydroxylation is 1. The van der Waals surface area contributed by atoms with Gasteiger partial charge in [-0.1, -0.05) is 42.0 Å². The molecule has 0 bridgehead atoms. The lowest BCUT2D eigenvalue weighted by atomic mass is 10.1. The maximum Gasteiger partial charge on any atom is 0.242 e. The number of amides is 2. The van der Waals surface area contributed by atoms with Crippen LogP contribution in [0, 0.1) is 6.92 Å². The molecular formula is C24H30N2O3. The number of hydrogen-bond acceptors (Lipinski definition) is 3. The molecule has 1 aliphatic rings. The van der Waals surface area contributed by atoms with Crippen molar-refractivity contribution in [2.45, 2.75) is 39.2 Å². The normalized spacial score (nSPS) is 14.0. The molecule has 0 saturated carbocycles. The fraction of sp³-hybridized carbons (Fsp3) is 0.417. The van der Waals surface area contributed by atoms with Crippen molar-refractivity contribution < 1.29 is 14.3 Å². The quantitative estimate of drug-likeness (QED) is 0.688. The van der Waals surface area contributed by atoms with Gasteiger partial charge in [0.05, 0.1) is 13.7 Å². The molecule has 2 amide bonds. The van der Waals surface area contributed by atoms with Crippen molar-refractivity contribution >= 4 is 11.8 Å². The minimum atomic E-state index is 0.00865. The van der Waals surface area contributed by atoms with Crippen LogP contribution in [0.15, 0.2) is 48.5 Å². The third kappa shape index (κ3) is 6.08. The van der Waals surface area contributed by atoms with Crippen molar-refractivity contribution in [1.29, 1.82) is 0 Å². The fourth-order valence-electron chi connectivity index (χ4n) is 3.55. The molecule has 2 aromatic rings. The van der Waals surface area contributed by atoms with E-state index in [-0.39, 0.29) is 18.4 Å². The SMILES string of the molecule is COc1ccc(CCN(Cc2ccc(C)cc2)C(=O)CN2CCCCC2=O)cc1. The van der Waals surface area contributed by atoms with E-state index in [4.69, 9.17) is 4.74 Å². The number of carbonyl (C=O) groups is 2. The van der Waals surface area contributed by atoms with Crippen LogP contribution in [-0.4, -0.2) is 48.4 Å². The van der Waals surface area contributed by atoms with Crippen molar-refractivity contribution in [2.75, 3.05) is 26.7 Å². The van der Waals surface area contributed by atoms with Gasteiger partial charge in [-0.15, -0.1) is 0 Å². The van der Waals surface area contributed by atoms with Crippen molar-refractivity contribution in [3.8, 4) is 5.75 Å². The Bertz CT molecular complexity index is 815. The molecule has 5 nitrogen and oxygen atoms in total. The summed E-state index contributed by atoms with van der Waals surface area (Å²) in [5.74, 6) is 0.925. The number of methoxy groups -OCH3 is 1. The standard InChI is InChI=1S/C24H30N2O3/c1-19-6-8-21(9-7-19)17-26(16-14-20-10-12-22(29-2)13-11-20)24(28)18-25-15-4-3-5-23(25)27/h6-13H,3-5,14-18H2,1-2H3. The van der Waals surface area contributed by atoms with Crippen LogP contribution in [0.25, 0.3) is 0 Å². The van der Waals surface area contributed by atoms with E-state index in [9.17, 15) is 9.59 Å². The smallest absolute Gasteiger partial charge is 0.242 e. The van der Waals surface area contributed by atoms with Gasteiger partial charge in [-0.05, 0) is 49.4 Å². The summed E-state index contributed by atoms with van der Waals surface area (Å²) in [6.45, 7) is 4.07. The van der Waals surface area contributed by atoms with E-state index in [0.29, 0.717) is 26.1 Å². The Morgan fingerprint density at radius 2 is 1.72 bits per heavy atom. The van der Waals surface area contributed by atoms with Gasteiger partial charge in [0, 0.05) is 26.1 Å². The number of likely N-dealkylation sites (tertiary alicyclic amines) is 1. The summed E-state index contributed by atoms with van der Waals surface area (Å²) >= 11 is 0. The number of rotatable bonds is 8. The second kappa shape index (κ2) is 10.1. The predicted octanol–water partition coefficient (Wildman–Crippen LogP) is 3.59. The molecule has 0 aliphatic carbocycles. The van der Waals surface area contributed by atoms with Gasteiger partial charge in [0.2, 0.25) is 11.8 Å². The molecule has 0 radical (unpaired) electrons. The molecule has 1 heterocycles. The van der Waals surface area contributed by atoms with E-state index in [0.717, 1.165) is 36.1 Å². The highest BCUT2D eigenvalue weighted by Gasteiger charge is 2.23. The summed E-state index contributed by atoms with van der Waals surface area (Å²) in [5, 5.41) is 0. The van der Waals surface area contributed by atoms with Gasteiger partial charge in [-0.25, -0.2) is 0 Å². The zero-order chi connectivity index (χ0) is 20.6. The molecule has 1 aliphatic heterocycles. The molecule has 5 heteroatoms. The Morgan fingerprint density at radius 3 is 2.38 bits per heavy atom. The van der Waals surface area contributed by atoms with Crippen LogP contribution in [0.5, 0.6) is 5.75 Å².